The fourth-order valence-corrected chi connectivity index (χ4v) is 3.37. The average Bonchev–Trinajstić information content (AvgIpc) is 2.63. The molecular weight excluding hydrogens is 561 g/mol. The zero-order valence-electron chi connectivity index (χ0n) is 17.3. The molecule has 212 valence electrons. The third-order valence-corrected chi connectivity index (χ3v) is 6.09. The molecule has 0 radical (unpaired) electrons. The van der Waals surface area contributed by atoms with Crippen molar-refractivity contribution in [1.82, 2.24) is 4.72 Å². The van der Waals surface area contributed by atoms with Crippen molar-refractivity contribution >= 4 is 10.0 Å². The van der Waals surface area contributed by atoms with Crippen LogP contribution in [-0.2, 0) is 10.0 Å². The number of likely N-dealkylation sites (N-methyl/N-ethyl adjacent to an activating group) is 1. The molecule has 2 N–H and O–H groups in total. The second-order valence-corrected chi connectivity index (χ2v) is 9.55. The van der Waals surface area contributed by atoms with Gasteiger partial charge in [0.05, 0.1) is 27.2 Å². The van der Waals surface area contributed by atoms with Crippen LogP contribution < -0.4 is 4.72 Å². The van der Waals surface area contributed by atoms with Gasteiger partial charge in [-0.15, -0.1) is 0 Å². The summed E-state index contributed by atoms with van der Waals surface area (Å²) in [6.07, 6.45) is -8.28. The van der Waals surface area contributed by atoms with Crippen LogP contribution in [0.2, 0.25) is 0 Å². The van der Waals surface area contributed by atoms with Crippen LogP contribution in [0.3, 0.4) is 0 Å². The number of hydrogen-bond donors (Lipinski definition) is 2. The van der Waals surface area contributed by atoms with Gasteiger partial charge in [0, 0.05) is 13.0 Å². The van der Waals surface area contributed by atoms with Crippen LogP contribution in [0.5, 0.6) is 0 Å². The fourth-order valence-electron chi connectivity index (χ4n) is 2.31. The lowest BCUT2D eigenvalue weighted by atomic mass is 9.94. The standard InChI is InChI=1S/C14H18F15N2O3S/c1-31(2,6-7-32)5-3-4-30-35(33,34)14(28,29)12(23,24)10(19,20)8(15,16)9(17,18)11(21,22)13(25,26)27/h30,32H,3-7H2,1-2H3/q+1. The number of sulfonamides is 1. The summed E-state index contributed by atoms with van der Waals surface area (Å²) in [6, 6.07) is 0. The van der Waals surface area contributed by atoms with Crippen molar-refractivity contribution in [3.63, 3.8) is 0 Å². The molecule has 0 saturated carbocycles. The Bertz CT molecular complexity index is 840. The second-order valence-electron chi connectivity index (χ2n) is 7.74. The Kier molecular flexibility index (Phi) is 9.25. The normalized spacial score (nSPS) is 16.1. The number of rotatable bonds is 13. The van der Waals surface area contributed by atoms with Crippen molar-refractivity contribution in [1.29, 1.82) is 0 Å². The highest BCUT2D eigenvalue weighted by Gasteiger charge is 2.94. The van der Waals surface area contributed by atoms with Gasteiger partial charge in [0.25, 0.3) is 10.0 Å². The second kappa shape index (κ2) is 9.58. The highest BCUT2D eigenvalue weighted by Crippen LogP contribution is 2.62. The third kappa shape index (κ3) is 5.55. The number of nitrogens with one attached hydrogen (secondary N) is 1. The monoisotopic (exact) mass is 579 g/mol. The molecule has 0 saturated heterocycles. The molecule has 0 aromatic rings. The van der Waals surface area contributed by atoms with Crippen LogP contribution in [-0.4, -0.2) is 99.4 Å². The van der Waals surface area contributed by atoms with E-state index in [0.717, 1.165) is 0 Å². The number of aliphatic hydroxyl groups excluding tert-OH is 1. The minimum Gasteiger partial charge on any atom is -0.391 e. The van der Waals surface area contributed by atoms with E-state index >= 15 is 0 Å². The molecule has 0 rings (SSSR count). The predicted octanol–water partition coefficient (Wildman–Crippen LogP) is 3.70. The Morgan fingerprint density at radius 3 is 1.40 bits per heavy atom. The quantitative estimate of drug-likeness (QED) is 0.199. The summed E-state index contributed by atoms with van der Waals surface area (Å²) in [5.41, 5.74) is 0. The number of aliphatic hydroxyl groups is 1. The number of quaternary nitrogens is 1. The molecule has 0 heterocycles. The molecule has 0 aliphatic heterocycles. The molecule has 0 aromatic carbocycles. The van der Waals surface area contributed by atoms with E-state index in [1.807, 2.05) is 0 Å². The molecule has 35 heavy (non-hydrogen) atoms. The minimum absolute atomic E-state index is 0.000935. The maximum absolute atomic E-state index is 13.8. The number of alkyl halides is 15. The summed E-state index contributed by atoms with van der Waals surface area (Å²) in [4.78, 5) is 0. The first-order valence-corrected chi connectivity index (χ1v) is 10.3. The van der Waals surface area contributed by atoms with E-state index in [9.17, 15) is 74.3 Å². The molecule has 0 amide bonds. The molecule has 0 aliphatic rings. The van der Waals surface area contributed by atoms with Crippen LogP contribution in [0.25, 0.3) is 0 Å². The molecule has 21 heteroatoms. The van der Waals surface area contributed by atoms with Gasteiger partial charge < -0.3 is 9.59 Å². The van der Waals surface area contributed by atoms with Crippen molar-refractivity contribution in [3.8, 4) is 0 Å². The van der Waals surface area contributed by atoms with Crippen molar-refractivity contribution in [2.75, 3.05) is 40.3 Å². The number of halogens is 15. The SMILES string of the molecule is C[N+](C)(CCO)CCCNS(=O)(=O)C(F)(F)C(F)(F)C(F)(F)C(F)(F)C(F)(F)C(F)(F)C(F)(F)F. The first kappa shape index (κ1) is 33.8. The molecule has 0 aliphatic carbocycles. The van der Waals surface area contributed by atoms with E-state index in [2.05, 4.69) is 0 Å². The first-order chi connectivity index (χ1) is 15.0. The van der Waals surface area contributed by atoms with Crippen LogP contribution >= 0.6 is 0 Å². The van der Waals surface area contributed by atoms with Crippen molar-refractivity contribution in [2.45, 2.75) is 47.5 Å². The number of nitrogens with zero attached hydrogens (tertiary/aromatic N) is 1. The maximum Gasteiger partial charge on any atom is 0.460 e. The Balaban J connectivity index is 6.18. The highest BCUT2D eigenvalue weighted by atomic mass is 32.2. The van der Waals surface area contributed by atoms with E-state index < -0.39 is 70.6 Å². The first-order valence-electron chi connectivity index (χ1n) is 8.77. The van der Waals surface area contributed by atoms with E-state index in [1.54, 1.807) is 0 Å². The lowest BCUT2D eigenvalue weighted by Crippen LogP contribution is -2.73. The Labute approximate surface area is 187 Å². The topological polar surface area (TPSA) is 66.4 Å². The minimum atomic E-state index is -8.56. The van der Waals surface area contributed by atoms with Crippen LogP contribution in [0.1, 0.15) is 6.42 Å². The Morgan fingerprint density at radius 1 is 0.657 bits per heavy atom. The van der Waals surface area contributed by atoms with Gasteiger partial charge in [-0.2, -0.15) is 65.9 Å². The molecule has 0 aromatic heterocycles. The molecular formula is C14H18F15N2O3S+. The largest absolute Gasteiger partial charge is 0.460 e. The van der Waals surface area contributed by atoms with Crippen molar-refractivity contribution < 1.29 is 83.9 Å². The number of hydrogen-bond acceptors (Lipinski definition) is 3. The van der Waals surface area contributed by atoms with Gasteiger partial charge in [0.2, 0.25) is 0 Å². The van der Waals surface area contributed by atoms with Gasteiger partial charge in [-0.1, -0.05) is 0 Å². The molecule has 0 bridgehead atoms. The van der Waals surface area contributed by atoms with Gasteiger partial charge >= 0.3 is 41.0 Å². The lowest BCUT2D eigenvalue weighted by molar-refractivity contribution is -0.890. The lowest BCUT2D eigenvalue weighted by Gasteiger charge is -2.41. The Hall–Kier alpha value is -1.22. The average molecular weight is 579 g/mol. The Morgan fingerprint density at radius 2 is 1.03 bits per heavy atom. The van der Waals surface area contributed by atoms with E-state index in [1.165, 1.54) is 14.1 Å². The van der Waals surface area contributed by atoms with E-state index in [4.69, 9.17) is 5.11 Å². The fraction of sp³-hybridized carbons (Fsp3) is 1.00. The molecule has 0 unspecified atom stereocenters. The van der Waals surface area contributed by atoms with Crippen LogP contribution in [0, 0.1) is 0 Å². The summed E-state index contributed by atoms with van der Waals surface area (Å²) >= 11 is 0. The zero-order valence-corrected chi connectivity index (χ0v) is 18.1. The smallest absolute Gasteiger partial charge is 0.391 e. The van der Waals surface area contributed by atoms with E-state index in [-0.39, 0.29) is 17.6 Å². The summed E-state index contributed by atoms with van der Waals surface area (Å²) in [5.74, 6) is -41.8. The van der Waals surface area contributed by atoms with Crippen LogP contribution in [0.15, 0.2) is 0 Å². The molecule has 0 spiro atoms. The van der Waals surface area contributed by atoms with Gasteiger partial charge in [-0.25, -0.2) is 13.1 Å². The zero-order chi connectivity index (χ0) is 28.7. The summed E-state index contributed by atoms with van der Waals surface area (Å²) in [5, 5.41) is 1.35. The van der Waals surface area contributed by atoms with Crippen molar-refractivity contribution in [2.24, 2.45) is 0 Å². The summed E-state index contributed by atoms with van der Waals surface area (Å²) in [7, 11) is -4.37. The van der Waals surface area contributed by atoms with Gasteiger partial charge in [0.1, 0.15) is 6.54 Å². The van der Waals surface area contributed by atoms with Gasteiger partial charge in [-0.05, 0) is 0 Å². The summed E-state index contributed by atoms with van der Waals surface area (Å²) in [6.45, 7) is -1.87. The van der Waals surface area contributed by atoms with E-state index in [0.29, 0.717) is 4.72 Å². The maximum atomic E-state index is 13.8. The molecule has 0 fully saturated rings. The van der Waals surface area contributed by atoms with Gasteiger partial charge in [0.15, 0.2) is 0 Å². The van der Waals surface area contributed by atoms with Crippen molar-refractivity contribution in [3.05, 3.63) is 0 Å². The third-order valence-electron chi connectivity index (χ3n) is 4.57. The highest BCUT2D eigenvalue weighted by molar-refractivity contribution is 7.90. The summed E-state index contributed by atoms with van der Waals surface area (Å²) < 4.78 is 220. The molecule has 0 atom stereocenters. The predicted molar refractivity (Wildman–Crippen MR) is 86.2 cm³/mol. The van der Waals surface area contributed by atoms with Gasteiger partial charge in [-0.3, -0.25) is 0 Å². The molecule has 5 nitrogen and oxygen atoms in total. The van der Waals surface area contributed by atoms with Crippen LogP contribution in [0.4, 0.5) is 65.9 Å².